The van der Waals surface area contributed by atoms with Gasteiger partial charge in [0.1, 0.15) is 0 Å². The van der Waals surface area contributed by atoms with E-state index in [1.807, 2.05) is 13.8 Å². The predicted molar refractivity (Wildman–Crippen MR) is 43.3 cm³/mol. The molecule has 0 amide bonds. The molecule has 0 unspecified atom stereocenters. The molecule has 0 N–H and O–H groups in total. The minimum absolute atomic E-state index is 0.296. The molecule has 0 aromatic heterocycles. The van der Waals surface area contributed by atoms with Crippen LogP contribution >= 0.6 is 0 Å². The van der Waals surface area contributed by atoms with Crippen LogP contribution in [0.1, 0.15) is 26.7 Å². The summed E-state index contributed by atoms with van der Waals surface area (Å²) < 4.78 is 5.28. The molecule has 0 aliphatic carbocycles. The van der Waals surface area contributed by atoms with Gasteiger partial charge in [0.15, 0.2) is 0 Å². The molecule has 0 rings (SSSR count). The van der Waals surface area contributed by atoms with E-state index < -0.39 is 0 Å². The average Bonchev–Trinajstić information content (AvgIpc) is 1.96. The minimum atomic E-state index is 0.296. The van der Waals surface area contributed by atoms with Crippen molar-refractivity contribution in [1.29, 1.82) is 0 Å². The lowest BCUT2D eigenvalue weighted by molar-refractivity contribution is 0.0764. The Balaban J connectivity index is 2.96. The molecular weight excluding hydrogens is 142 g/mol. The maximum atomic E-state index is 9.62. The van der Waals surface area contributed by atoms with Gasteiger partial charge in [0.25, 0.3) is 0 Å². The zero-order chi connectivity index (χ0) is 8.53. The summed E-state index contributed by atoms with van der Waals surface area (Å²) in [7, 11) is 0. The maximum absolute atomic E-state index is 9.62. The van der Waals surface area contributed by atoms with Crippen LogP contribution < -0.4 is 0 Å². The predicted octanol–water partition coefficient (Wildman–Crippen LogP) is 1.53. The summed E-state index contributed by atoms with van der Waals surface area (Å²) in [6.07, 6.45) is 3.66. The van der Waals surface area contributed by atoms with Crippen LogP contribution in [0.2, 0.25) is 0 Å². The fourth-order valence-corrected chi connectivity index (χ4v) is 0.658. The molecule has 0 bridgehead atoms. The molecule has 0 saturated heterocycles. The molecule has 0 spiro atoms. The van der Waals surface area contributed by atoms with Crippen LogP contribution in [-0.2, 0) is 9.53 Å². The summed E-state index contributed by atoms with van der Waals surface area (Å²) in [5.41, 5.74) is 0. The Morgan fingerprint density at radius 2 is 2.18 bits per heavy atom. The maximum Gasteiger partial charge on any atom is 0.234 e. The molecule has 0 aliphatic heterocycles. The molecule has 0 atom stereocenters. The minimum Gasteiger partial charge on any atom is -0.379 e. The lowest BCUT2D eigenvalue weighted by atomic mass is 10.3. The summed E-state index contributed by atoms with van der Waals surface area (Å²) in [6, 6.07) is 0. The van der Waals surface area contributed by atoms with E-state index in [9.17, 15) is 4.79 Å². The molecule has 0 aromatic rings. The van der Waals surface area contributed by atoms with Crippen LogP contribution in [-0.4, -0.2) is 25.3 Å². The first-order valence-corrected chi connectivity index (χ1v) is 3.92. The monoisotopic (exact) mass is 157 g/mol. The molecule has 0 aromatic carbocycles. The second kappa shape index (κ2) is 7.45. The zero-order valence-electron chi connectivity index (χ0n) is 7.17. The third kappa shape index (κ3) is 9.34. The van der Waals surface area contributed by atoms with Gasteiger partial charge in [-0.2, -0.15) is 0 Å². The van der Waals surface area contributed by atoms with Gasteiger partial charge >= 0.3 is 0 Å². The number of hydrogen-bond donors (Lipinski definition) is 0. The molecule has 0 radical (unpaired) electrons. The first-order chi connectivity index (χ1) is 5.27. The van der Waals surface area contributed by atoms with Crippen LogP contribution in [0.5, 0.6) is 0 Å². The Morgan fingerprint density at radius 3 is 2.73 bits per heavy atom. The van der Waals surface area contributed by atoms with E-state index in [2.05, 4.69) is 4.99 Å². The van der Waals surface area contributed by atoms with Crippen molar-refractivity contribution in [1.82, 2.24) is 0 Å². The van der Waals surface area contributed by atoms with Crippen LogP contribution in [0.4, 0.5) is 0 Å². The highest BCUT2D eigenvalue weighted by molar-refractivity contribution is 5.32. The number of unbranched alkanes of at least 4 members (excludes halogenated alkanes) is 1. The van der Waals surface area contributed by atoms with Gasteiger partial charge < -0.3 is 4.74 Å². The topological polar surface area (TPSA) is 38.7 Å². The summed E-state index contributed by atoms with van der Waals surface area (Å²) in [4.78, 5) is 13.1. The quantitative estimate of drug-likeness (QED) is 0.333. The lowest BCUT2D eigenvalue weighted by Gasteiger charge is -2.05. The van der Waals surface area contributed by atoms with Crippen LogP contribution in [0.3, 0.4) is 0 Å². The number of carbonyl (C=O) groups excluding carboxylic acids is 1. The smallest absolute Gasteiger partial charge is 0.234 e. The van der Waals surface area contributed by atoms with Crippen LogP contribution in [0.15, 0.2) is 4.99 Å². The van der Waals surface area contributed by atoms with Crippen molar-refractivity contribution >= 4 is 6.08 Å². The molecule has 11 heavy (non-hydrogen) atoms. The van der Waals surface area contributed by atoms with Crippen molar-refractivity contribution in [2.75, 3.05) is 13.2 Å². The van der Waals surface area contributed by atoms with Gasteiger partial charge in [0.05, 0.1) is 12.6 Å². The number of ether oxygens (including phenoxy) is 1. The van der Waals surface area contributed by atoms with E-state index in [-0.39, 0.29) is 0 Å². The highest BCUT2D eigenvalue weighted by atomic mass is 16.5. The number of hydrogen-bond acceptors (Lipinski definition) is 3. The summed E-state index contributed by atoms with van der Waals surface area (Å²) in [5, 5.41) is 0. The Kier molecular flexibility index (Phi) is 7.00. The summed E-state index contributed by atoms with van der Waals surface area (Å²) in [5.74, 6) is 0. The largest absolute Gasteiger partial charge is 0.379 e. The Labute approximate surface area is 67.5 Å². The lowest BCUT2D eigenvalue weighted by Crippen LogP contribution is -2.03. The molecule has 0 saturated carbocycles. The standard InChI is InChI=1S/C8H15NO2/c1-8(2)11-6-4-3-5-9-7-10/h8H,3-6H2,1-2H3. The number of isocyanates is 1. The second-order valence-corrected chi connectivity index (χ2v) is 2.60. The Morgan fingerprint density at radius 1 is 1.45 bits per heavy atom. The molecule has 0 aliphatic rings. The fourth-order valence-electron chi connectivity index (χ4n) is 0.658. The van der Waals surface area contributed by atoms with Gasteiger partial charge in [-0.25, -0.2) is 9.79 Å². The molecule has 0 fully saturated rings. The van der Waals surface area contributed by atoms with Crippen LogP contribution in [0, 0.1) is 0 Å². The third-order valence-electron chi connectivity index (χ3n) is 1.18. The summed E-state index contributed by atoms with van der Waals surface area (Å²) in [6.45, 7) is 5.34. The second-order valence-electron chi connectivity index (χ2n) is 2.60. The van der Waals surface area contributed by atoms with Crippen LogP contribution in [0.25, 0.3) is 0 Å². The van der Waals surface area contributed by atoms with Gasteiger partial charge in [-0.05, 0) is 26.7 Å². The Hall–Kier alpha value is -0.660. The van der Waals surface area contributed by atoms with Gasteiger partial charge in [0.2, 0.25) is 6.08 Å². The highest BCUT2D eigenvalue weighted by Crippen LogP contribution is 1.93. The zero-order valence-corrected chi connectivity index (χ0v) is 7.17. The van der Waals surface area contributed by atoms with Crippen molar-refractivity contribution in [3.05, 3.63) is 0 Å². The molecule has 0 heterocycles. The van der Waals surface area contributed by atoms with E-state index in [0.717, 1.165) is 19.4 Å². The third-order valence-corrected chi connectivity index (χ3v) is 1.18. The normalized spacial score (nSPS) is 9.73. The fraction of sp³-hybridized carbons (Fsp3) is 0.875. The molecule has 3 nitrogen and oxygen atoms in total. The van der Waals surface area contributed by atoms with Gasteiger partial charge in [-0.15, -0.1) is 0 Å². The van der Waals surface area contributed by atoms with E-state index in [0.29, 0.717) is 12.6 Å². The van der Waals surface area contributed by atoms with Crippen molar-refractivity contribution < 1.29 is 9.53 Å². The number of aliphatic imine (C=N–C) groups is 1. The molecule has 3 heteroatoms. The van der Waals surface area contributed by atoms with E-state index in [1.54, 1.807) is 0 Å². The first-order valence-electron chi connectivity index (χ1n) is 3.92. The van der Waals surface area contributed by atoms with Crippen molar-refractivity contribution in [3.8, 4) is 0 Å². The van der Waals surface area contributed by atoms with Crippen molar-refractivity contribution in [2.24, 2.45) is 4.99 Å². The SMILES string of the molecule is CC(C)OCCCCN=C=O. The van der Waals surface area contributed by atoms with Crippen molar-refractivity contribution in [3.63, 3.8) is 0 Å². The first kappa shape index (κ1) is 10.3. The number of nitrogens with zero attached hydrogens (tertiary/aromatic N) is 1. The van der Waals surface area contributed by atoms with Gasteiger partial charge in [-0.3, -0.25) is 0 Å². The molecule has 64 valence electrons. The molecular formula is C8H15NO2. The highest BCUT2D eigenvalue weighted by Gasteiger charge is 1.91. The van der Waals surface area contributed by atoms with Crippen molar-refractivity contribution in [2.45, 2.75) is 32.8 Å². The average molecular weight is 157 g/mol. The van der Waals surface area contributed by atoms with E-state index in [1.165, 1.54) is 6.08 Å². The summed E-state index contributed by atoms with van der Waals surface area (Å²) >= 11 is 0. The number of rotatable bonds is 6. The van der Waals surface area contributed by atoms with Gasteiger partial charge in [0, 0.05) is 6.61 Å². The Bertz CT molecular complexity index is 128. The van der Waals surface area contributed by atoms with Gasteiger partial charge in [-0.1, -0.05) is 0 Å². The van der Waals surface area contributed by atoms with E-state index in [4.69, 9.17) is 4.74 Å². The van der Waals surface area contributed by atoms with E-state index >= 15 is 0 Å².